The summed E-state index contributed by atoms with van der Waals surface area (Å²) in [6.45, 7) is 4.37. The molecule has 0 atom stereocenters. The molecule has 3 rings (SSSR count). The number of hydrogen-bond donors (Lipinski definition) is 1. The molecule has 0 saturated carbocycles. The molecule has 116 valence electrons. The van der Waals surface area contributed by atoms with Crippen molar-refractivity contribution < 1.29 is 9.21 Å². The average molecular weight is 298 g/mol. The van der Waals surface area contributed by atoms with Crippen LogP contribution in [0.4, 0.5) is 11.4 Å². The molecule has 1 aliphatic heterocycles. The second-order valence-corrected chi connectivity index (χ2v) is 5.82. The number of carbonyl (C=O) groups excluding carboxylic acids is 1. The third-order valence-corrected chi connectivity index (χ3v) is 4.11. The van der Waals surface area contributed by atoms with Crippen LogP contribution in [-0.2, 0) is 11.2 Å². The third-order valence-electron chi connectivity index (χ3n) is 4.11. The molecule has 4 nitrogen and oxygen atoms in total. The van der Waals surface area contributed by atoms with Gasteiger partial charge in [0.2, 0.25) is 5.91 Å². The number of nitrogens with zero attached hydrogens (tertiary/aromatic N) is 1. The van der Waals surface area contributed by atoms with Crippen LogP contribution in [-0.4, -0.2) is 19.0 Å². The summed E-state index contributed by atoms with van der Waals surface area (Å²) < 4.78 is 5.24. The molecular weight excluding hydrogens is 276 g/mol. The minimum absolute atomic E-state index is 0.0183. The largest absolute Gasteiger partial charge is 0.469 e. The van der Waals surface area contributed by atoms with Gasteiger partial charge in [0, 0.05) is 37.3 Å². The number of carbonyl (C=O) groups is 1. The van der Waals surface area contributed by atoms with Crippen LogP contribution in [0.25, 0.3) is 0 Å². The van der Waals surface area contributed by atoms with E-state index in [1.165, 1.54) is 24.1 Å². The Hall–Kier alpha value is -2.23. The molecule has 2 aromatic rings. The molecule has 22 heavy (non-hydrogen) atoms. The summed E-state index contributed by atoms with van der Waals surface area (Å²) in [4.78, 5) is 14.4. The fourth-order valence-corrected chi connectivity index (χ4v) is 2.96. The molecule has 1 aromatic heterocycles. The molecule has 0 aliphatic carbocycles. The molecular formula is C18H22N2O2. The van der Waals surface area contributed by atoms with Gasteiger partial charge in [0.05, 0.1) is 6.26 Å². The lowest BCUT2D eigenvalue weighted by atomic mass is 10.1. The Balaban J connectivity index is 1.57. The second-order valence-electron chi connectivity index (χ2n) is 5.82. The lowest BCUT2D eigenvalue weighted by molar-refractivity contribution is -0.116. The van der Waals surface area contributed by atoms with E-state index in [1.807, 2.05) is 18.2 Å². The molecule has 1 saturated heterocycles. The number of hydrogen-bond acceptors (Lipinski definition) is 3. The van der Waals surface area contributed by atoms with E-state index >= 15 is 0 Å². The van der Waals surface area contributed by atoms with Crippen molar-refractivity contribution in [3.05, 3.63) is 47.9 Å². The van der Waals surface area contributed by atoms with Crippen LogP contribution in [0.5, 0.6) is 0 Å². The smallest absolute Gasteiger partial charge is 0.224 e. The van der Waals surface area contributed by atoms with E-state index in [0.717, 1.165) is 24.5 Å². The number of anilines is 2. The number of aryl methyl sites for hydroxylation is 2. The van der Waals surface area contributed by atoms with Gasteiger partial charge in [0.1, 0.15) is 5.76 Å². The van der Waals surface area contributed by atoms with Gasteiger partial charge in [-0.1, -0.05) is 0 Å². The van der Waals surface area contributed by atoms with Gasteiger partial charge >= 0.3 is 0 Å². The first-order valence-electron chi connectivity index (χ1n) is 7.90. The first-order chi connectivity index (χ1) is 10.7. The van der Waals surface area contributed by atoms with Crippen LogP contribution < -0.4 is 10.2 Å². The van der Waals surface area contributed by atoms with E-state index in [-0.39, 0.29) is 5.91 Å². The van der Waals surface area contributed by atoms with Gasteiger partial charge in [-0.25, -0.2) is 0 Å². The highest BCUT2D eigenvalue weighted by Gasteiger charge is 2.14. The molecule has 4 heteroatoms. The van der Waals surface area contributed by atoms with Crippen molar-refractivity contribution in [1.82, 2.24) is 0 Å². The summed E-state index contributed by atoms with van der Waals surface area (Å²) in [5.41, 5.74) is 3.36. The van der Waals surface area contributed by atoms with Gasteiger partial charge in [0.15, 0.2) is 0 Å². The van der Waals surface area contributed by atoms with E-state index in [4.69, 9.17) is 4.42 Å². The fourth-order valence-electron chi connectivity index (χ4n) is 2.96. The van der Waals surface area contributed by atoms with E-state index in [1.54, 1.807) is 6.26 Å². The Morgan fingerprint density at radius 2 is 2.09 bits per heavy atom. The SMILES string of the molecule is Cc1cc(NC(=O)CCc2ccco2)ccc1N1CCCC1. The molecule has 1 N–H and O–H groups in total. The van der Waals surface area contributed by atoms with Gasteiger partial charge in [-0.05, 0) is 55.7 Å². The predicted octanol–water partition coefficient (Wildman–Crippen LogP) is 3.76. The van der Waals surface area contributed by atoms with Crippen molar-refractivity contribution in [3.8, 4) is 0 Å². The number of nitrogens with one attached hydrogen (secondary N) is 1. The molecule has 0 unspecified atom stereocenters. The number of furan rings is 1. The molecule has 2 heterocycles. The Bertz CT molecular complexity index is 629. The topological polar surface area (TPSA) is 45.5 Å². The van der Waals surface area contributed by atoms with Crippen LogP contribution >= 0.6 is 0 Å². The van der Waals surface area contributed by atoms with Crippen molar-refractivity contribution in [2.45, 2.75) is 32.6 Å². The lowest BCUT2D eigenvalue weighted by Gasteiger charge is -2.20. The Morgan fingerprint density at radius 1 is 1.27 bits per heavy atom. The minimum atomic E-state index is 0.0183. The molecule has 0 radical (unpaired) electrons. The Kier molecular flexibility index (Phi) is 4.47. The number of amides is 1. The van der Waals surface area contributed by atoms with Gasteiger partial charge in [0.25, 0.3) is 0 Å². The molecule has 0 spiro atoms. The summed E-state index contributed by atoms with van der Waals surface area (Å²) in [5.74, 6) is 0.862. The highest BCUT2D eigenvalue weighted by atomic mass is 16.3. The number of benzene rings is 1. The van der Waals surface area contributed by atoms with Gasteiger partial charge in [-0.2, -0.15) is 0 Å². The quantitative estimate of drug-likeness (QED) is 0.914. The number of rotatable bonds is 5. The molecule has 1 aromatic carbocycles. The van der Waals surface area contributed by atoms with E-state index < -0.39 is 0 Å². The summed E-state index contributed by atoms with van der Waals surface area (Å²) in [5, 5.41) is 2.96. The van der Waals surface area contributed by atoms with E-state index in [0.29, 0.717) is 12.8 Å². The summed E-state index contributed by atoms with van der Waals surface area (Å²) >= 11 is 0. The zero-order chi connectivity index (χ0) is 15.4. The maximum Gasteiger partial charge on any atom is 0.224 e. The average Bonchev–Trinajstić information content (AvgIpc) is 3.19. The van der Waals surface area contributed by atoms with Crippen molar-refractivity contribution >= 4 is 17.3 Å². The molecule has 1 amide bonds. The highest BCUT2D eigenvalue weighted by Crippen LogP contribution is 2.26. The second kappa shape index (κ2) is 6.69. The Morgan fingerprint density at radius 3 is 2.77 bits per heavy atom. The standard InChI is InChI=1S/C18H22N2O2/c1-14-13-15(6-8-17(14)20-10-2-3-11-20)19-18(21)9-7-16-5-4-12-22-16/h4-6,8,12-13H,2-3,7,9-11H2,1H3,(H,19,21). The maximum absolute atomic E-state index is 12.0. The van der Waals surface area contributed by atoms with Gasteiger partial charge < -0.3 is 14.6 Å². The maximum atomic E-state index is 12.0. The first-order valence-corrected chi connectivity index (χ1v) is 7.90. The predicted molar refractivity (Wildman–Crippen MR) is 88.3 cm³/mol. The normalized spacial score (nSPS) is 14.3. The van der Waals surface area contributed by atoms with Crippen LogP contribution in [0.15, 0.2) is 41.0 Å². The minimum Gasteiger partial charge on any atom is -0.469 e. The van der Waals surface area contributed by atoms with Crippen molar-refractivity contribution in [1.29, 1.82) is 0 Å². The van der Waals surface area contributed by atoms with Crippen molar-refractivity contribution in [2.75, 3.05) is 23.3 Å². The van der Waals surface area contributed by atoms with Crippen LogP contribution in [0.2, 0.25) is 0 Å². The summed E-state index contributed by atoms with van der Waals surface area (Å²) in [6, 6.07) is 9.89. The molecule has 1 fully saturated rings. The van der Waals surface area contributed by atoms with Crippen molar-refractivity contribution in [2.24, 2.45) is 0 Å². The summed E-state index contributed by atoms with van der Waals surface area (Å²) in [6.07, 6.45) is 5.23. The zero-order valence-electron chi connectivity index (χ0n) is 13.0. The molecule has 1 aliphatic rings. The monoisotopic (exact) mass is 298 g/mol. The Labute approximate surface area is 131 Å². The van der Waals surface area contributed by atoms with Crippen LogP contribution in [0, 0.1) is 6.92 Å². The zero-order valence-corrected chi connectivity index (χ0v) is 13.0. The molecule has 0 bridgehead atoms. The van der Waals surface area contributed by atoms with Crippen LogP contribution in [0.1, 0.15) is 30.6 Å². The third kappa shape index (κ3) is 3.50. The van der Waals surface area contributed by atoms with Crippen LogP contribution in [0.3, 0.4) is 0 Å². The van der Waals surface area contributed by atoms with Gasteiger partial charge in [-0.3, -0.25) is 4.79 Å². The van der Waals surface area contributed by atoms with E-state index in [9.17, 15) is 4.79 Å². The van der Waals surface area contributed by atoms with E-state index in [2.05, 4.69) is 29.3 Å². The fraction of sp³-hybridized carbons (Fsp3) is 0.389. The first kappa shape index (κ1) is 14.7. The highest BCUT2D eigenvalue weighted by molar-refractivity contribution is 5.91. The van der Waals surface area contributed by atoms with Crippen molar-refractivity contribution in [3.63, 3.8) is 0 Å². The van der Waals surface area contributed by atoms with Gasteiger partial charge in [-0.15, -0.1) is 0 Å². The lowest BCUT2D eigenvalue weighted by Crippen LogP contribution is -2.19. The summed E-state index contributed by atoms with van der Waals surface area (Å²) in [7, 11) is 0.